The summed E-state index contributed by atoms with van der Waals surface area (Å²) in [6, 6.07) is 7.46. The number of benzene rings is 1. The van der Waals surface area contributed by atoms with Crippen LogP contribution in [0.2, 0.25) is 0 Å². The van der Waals surface area contributed by atoms with Gasteiger partial charge in [0.25, 0.3) is 0 Å². The zero-order chi connectivity index (χ0) is 17.4. The average Bonchev–Trinajstić information content (AvgIpc) is 2.80. The number of thioether (sulfide) groups is 1. The van der Waals surface area contributed by atoms with Crippen molar-refractivity contribution in [1.29, 1.82) is 0 Å². The number of nitrogens with zero attached hydrogens (tertiary/aromatic N) is 1. The predicted molar refractivity (Wildman–Crippen MR) is 99.2 cm³/mol. The summed E-state index contributed by atoms with van der Waals surface area (Å²) in [5.41, 5.74) is 5.95. The normalized spacial score (nSPS) is 18.0. The number of carbonyl (C=O) groups is 2. The smallest absolute Gasteiger partial charge is 0.321 e. The number of carbonyl (C=O) groups excluding carboxylic acids is 2. The van der Waals surface area contributed by atoms with E-state index in [1.54, 1.807) is 0 Å². The van der Waals surface area contributed by atoms with Crippen LogP contribution in [0.4, 0.5) is 10.5 Å². The lowest BCUT2D eigenvalue weighted by Crippen LogP contribution is -2.35. The summed E-state index contributed by atoms with van der Waals surface area (Å²) in [6.07, 6.45) is 5.82. The van der Waals surface area contributed by atoms with Crippen LogP contribution in [0.5, 0.6) is 0 Å². The summed E-state index contributed by atoms with van der Waals surface area (Å²) < 4.78 is 0. The minimum absolute atomic E-state index is 0.0562. The molecule has 1 aliphatic rings. The molecule has 0 bridgehead atoms. The fourth-order valence-electron chi connectivity index (χ4n) is 3.10. The molecule has 6 heteroatoms. The van der Waals surface area contributed by atoms with Crippen LogP contribution in [0.25, 0.3) is 0 Å². The molecule has 1 saturated heterocycles. The quantitative estimate of drug-likeness (QED) is 0.769. The van der Waals surface area contributed by atoms with Crippen molar-refractivity contribution in [2.75, 3.05) is 24.2 Å². The minimum atomic E-state index is -0.365. The van der Waals surface area contributed by atoms with Gasteiger partial charge in [0.1, 0.15) is 0 Å². The summed E-state index contributed by atoms with van der Waals surface area (Å²) in [7, 11) is 0. The first-order valence-electron chi connectivity index (χ1n) is 8.66. The number of rotatable bonds is 6. The Hall–Kier alpha value is -1.69. The van der Waals surface area contributed by atoms with Crippen LogP contribution in [0, 0.1) is 5.92 Å². The molecular formula is C18H27N3O2S. The minimum Gasteiger partial charge on any atom is -0.369 e. The number of primary amides is 1. The number of nitrogens with one attached hydrogen (secondary N) is 1. The van der Waals surface area contributed by atoms with Crippen LogP contribution in [0.15, 0.2) is 29.2 Å². The molecule has 0 saturated carbocycles. The number of hydrogen-bond acceptors (Lipinski definition) is 3. The van der Waals surface area contributed by atoms with Crippen molar-refractivity contribution in [3.63, 3.8) is 0 Å². The van der Waals surface area contributed by atoms with Gasteiger partial charge in [-0.15, -0.1) is 11.8 Å². The second kappa shape index (κ2) is 9.57. The Morgan fingerprint density at radius 2 is 2.08 bits per heavy atom. The lowest BCUT2D eigenvalue weighted by molar-refractivity contribution is -0.115. The average molecular weight is 350 g/mol. The van der Waals surface area contributed by atoms with Crippen molar-refractivity contribution in [3.05, 3.63) is 24.3 Å². The molecule has 2 rings (SSSR count). The highest BCUT2D eigenvalue weighted by Crippen LogP contribution is 2.27. The summed E-state index contributed by atoms with van der Waals surface area (Å²) >= 11 is 1.35. The number of para-hydroxylation sites is 1. The Bertz CT molecular complexity index is 565. The molecule has 1 atom stereocenters. The van der Waals surface area contributed by atoms with Gasteiger partial charge in [-0.2, -0.15) is 0 Å². The summed E-state index contributed by atoms with van der Waals surface area (Å²) in [5, 5.41) is 2.99. The molecule has 0 radical (unpaired) electrons. The van der Waals surface area contributed by atoms with Crippen molar-refractivity contribution in [2.45, 2.75) is 43.9 Å². The third-order valence-electron chi connectivity index (χ3n) is 4.33. The van der Waals surface area contributed by atoms with Crippen LogP contribution in [-0.2, 0) is 4.79 Å². The van der Waals surface area contributed by atoms with E-state index in [1.807, 2.05) is 29.2 Å². The molecule has 24 heavy (non-hydrogen) atoms. The Kier molecular flexibility index (Phi) is 7.43. The number of hydrogen-bond donors (Lipinski definition) is 2. The van der Waals surface area contributed by atoms with Crippen LogP contribution < -0.4 is 11.1 Å². The molecule has 1 fully saturated rings. The third kappa shape index (κ3) is 5.74. The third-order valence-corrected chi connectivity index (χ3v) is 5.43. The molecule has 0 aromatic heterocycles. The van der Waals surface area contributed by atoms with Gasteiger partial charge in [-0.25, -0.2) is 4.79 Å². The van der Waals surface area contributed by atoms with Gasteiger partial charge < -0.3 is 16.0 Å². The number of amides is 3. The Labute approximate surface area is 148 Å². The van der Waals surface area contributed by atoms with E-state index < -0.39 is 0 Å². The number of likely N-dealkylation sites (tertiary alicyclic amines) is 1. The van der Waals surface area contributed by atoms with Gasteiger partial charge in [0.05, 0.1) is 11.4 Å². The molecule has 1 heterocycles. The maximum absolute atomic E-state index is 12.6. The van der Waals surface area contributed by atoms with Gasteiger partial charge in [0.15, 0.2) is 0 Å². The monoisotopic (exact) mass is 349 g/mol. The van der Waals surface area contributed by atoms with Crippen molar-refractivity contribution < 1.29 is 9.59 Å². The van der Waals surface area contributed by atoms with Gasteiger partial charge in [0, 0.05) is 18.0 Å². The second-order valence-corrected chi connectivity index (χ2v) is 7.27. The number of anilines is 1. The fourth-order valence-corrected chi connectivity index (χ4v) is 3.85. The second-order valence-electron chi connectivity index (χ2n) is 6.25. The van der Waals surface area contributed by atoms with Gasteiger partial charge in [-0.1, -0.05) is 31.9 Å². The standard InChI is InChI=1S/C18H27N3O2S/c1-2-6-14-7-5-11-21(12-10-14)18(23)20-15-8-3-4-9-16(15)24-13-17(19)22/h3-4,8-9,14H,2,5-7,10-13H2,1H3,(H2,19,22)(H,20,23). The predicted octanol–water partition coefficient (Wildman–Crippen LogP) is 3.70. The highest BCUT2D eigenvalue weighted by atomic mass is 32.2. The largest absolute Gasteiger partial charge is 0.369 e. The molecule has 0 spiro atoms. The van der Waals surface area contributed by atoms with E-state index in [1.165, 1.54) is 31.0 Å². The maximum atomic E-state index is 12.6. The summed E-state index contributed by atoms with van der Waals surface area (Å²) in [5.74, 6) is 0.580. The summed E-state index contributed by atoms with van der Waals surface area (Å²) in [4.78, 5) is 26.3. The van der Waals surface area contributed by atoms with E-state index in [9.17, 15) is 9.59 Å². The molecule has 1 aromatic rings. The van der Waals surface area contributed by atoms with Gasteiger partial charge in [-0.3, -0.25) is 4.79 Å². The van der Waals surface area contributed by atoms with E-state index in [2.05, 4.69) is 12.2 Å². The first kappa shape index (κ1) is 18.6. The number of urea groups is 1. The lowest BCUT2D eigenvalue weighted by atomic mass is 9.96. The van der Waals surface area contributed by atoms with Crippen LogP contribution in [-0.4, -0.2) is 35.7 Å². The van der Waals surface area contributed by atoms with Gasteiger partial charge in [0.2, 0.25) is 5.91 Å². The zero-order valence-corrected chi connectivity index (χ0v) is 15.1. The molecular weight excluding hydrogens is 322 g/mol. The van der Waals surface area contributed by atoms with E-state index >= 15 is 0 Å². The Morgan fingerprint density at radius 3 is 2.83 bits per heavy atom. The highest BCUT2D eigenvalue weighted by molar-refractivity contribution is 8.00. The lowest BCUT2D eigenvalue weighted by Gasteiger charge is -2.22. The maximum Gasteiger partial charge on any atom is 0.321 e. The molecule has 3 N–H and O–H groups in total. The Balaban J connectivity index is 1.95. The molecule has 132 valence electrons. The van der Waals surface area contributed by atoms with E-state index in [0.717, 1.165) is 42.4 Å². The van der Waals surface area contributed by atoms with Gasteiger partial charge in [-0.05, 0) is 37.3 Å². The highest BCUT2D eigenvalue weighted by Gasteiger charge is 2.20. The first-order chi connectivity index (χ1) is 11.6. The molecule has 1 unspecified atom stereocenters. The van der Waals surface area contributed by atoms with Crippen LogP contribution in [0.3, 0.4) is 0 Å². The SMILES string of the molecule is CCCC1CCCN(C(=O)Nc2ccccc2SCC(N)=O)CC1. The fraction of sp³-hybridized carbons (Fsp3) is 0.556. The molecule has 1 aliphatic heterocycles. The topological polar surface area (TPSA) is 75.4 Å². The van der Waals surface area contributed by atoms with Crippen molar-refractivity contribution in [3.8, 4) is 0 Å². The van der Waals surface area contributed by atoms with E-state index in [4.69, 9.17) is 5.73 Å². The van der Waals surface area contributed by atoms with Gasteiger partial charge >= 0.3 is 6.03 Å². The van der Waals surface area contributed by atoms with E-state index in [0.29, 0.717) is 0 Å². The molecule has 1 aromatic carbocycles. The van der Waals surface area contributed by atoms with Crippen LogP contribution in [0.1, 0.15) is 39.0 Å². The number of nitrogens with two attached hydrogens (primary N) is 1. The zero-order valence-electron chi connectivity index (χ0n) is 14.3. The van der Waals surface area contributed by atoms with Crippen molar-refractivity contribution in [2.24, 2.45) is 11.7 Å². The molecule has 5 nitrogen and oxygen atoms in total. The summed E-state index contributed by atoms with van der Waals surface area (Å²) in [6.45, 7) is 3.84. The molecule has 0 aliphatic carbocycles. The Morgan fingerprint density at radius 1 is 1.29 bits per heavy atom. The molecule has 3 amide bonds. The van der Waals surface area contributed by atoms with Crippen LogP contribution >= 0.6 is 11.8 Å². The van der Waals surface area contributed by atoms with Crippen molar-refractivity contribution >= 4 is 29.4 Å². The van der Waals surface area contributed by atoms with Crippen molar-refractivity contribution in [1.82, 2.24) is 4.90 Å². The first-order valence-corrected chi connectivity index (χ1v) is 9.64. The van der Waals surface area contributed by atoms with E-state index in [-0.39, 0.29) is 17.7 Å².